The van der Waals surface area contributed by atoms with E-state index in [1.54, 1.807) is 0 Å². The van der Waals surface area contributed by atoms with Crippen molar-refractivity contribution < 1.29 is 9.18 Å². The van der Waals surface area contributed by atoms with Gasteiger partial charge in [0.05, 0.1) is 0 Å². The molecule has 0 bridgehead atoms. The lowest BCUT2D eigenvalue weighted by atomic mass is 10.3. The van der Waals surface area contributed by atoms with Crippen molar-refractivity contribution in [2.75, 3.05) is 25.0 Å². The van der Waals surface area contributed by atoms with Crippen molar-refractivity contribution in [3.8, 4) is 0 Å². The molecule has 1 aromatic rings. The molecule has 1 aromatic heterocycles. The summed E-state index contributed by atoms with van der Waals surface area (Å²) < 4.78 is 14.0. The number of aromatic nitrogens is 1. The Labute approximate surface area is 114 Å². The lowest BCUT2D eigenvalue weighted by Crippen LogP contribution is -2.29. The Hall–Kier alpha value is -1.17. The van der Waals surface area contributed by atoms with Crippen LogP contribution < -0.4 is 5.32 Å². The van der Waals surface area contributed by atoms with E-state index in [1.165, 1.54) is 12.3 Å². The van der Waals surface area contributed by atoms with E-state index in [0.29, 0.717) is 17.4 Å². The van der Waals surface area contributed by atoms with E-state index in [2.05, 4.69) is 26.2 Å². The zero-order chi connectivity index (χ0) is 13.0. The molecular weight excluding hydrogens is 301 g/mol. The highest BCUT2D eigenvalue weighted by Crippen LogP contribution is 2.16. The Morgan fingerprint density at radius 2 is 2.22 bits per heavy atom. The Bertz CT molecular complexity index is 435. The summed E-state index contributed by atoms with van der Waals surface area (Å²) in [4.78, 5) is 17.5. The Balaban J connectivity index is 1.79. The molecule has 0 atom stereocenters. The van der Waals surface area contributed by atoms with Crippen LogP contribution in [-0.2, 0) is 4.79 Å². The lowest BCUT2D eigenvalue weighted by Gasteiger charge is -2.15. The fourth-order valence-electron chi connectivity index (χ4n) is 1.96. The summed E-state index contributed by atoms with van der Waals surface area (Å²) in [6.45, 7) is 2.11. The quantitative estimate of drug-likeness (QED) is 0.928. The second kappa shape index (κ2) is 6.13. The first-order chi connectivity index (χ1) is 8.66. The van der Waals surface area contributed by atoms with E-state index in [4.69, 9.17) is 0 Å². The molecule has 18 heavy (non-hydrogen) atoms. The molecule has 4 nitrogen and oxygen atoms in total. The van der Waals surface area contributed by atoms with Gasteiger partial charge in [-0.1, -0.05) is 0 Å². The number of nitrogens with zero attached hydrogens (tertiary/aromatic N) is 2. The Kier molecular flexibility index (Phi) is 4.52. The number of carbonyl (C=O) groups excluding carboxylic acids is 1. The largest absolute Gasteiger partial charge is 0.367 e. The minimum absolute atomic E-state index is 0.123. The van der Waals surface area contributed by atoms with Crippen molar-refractivity contribution in [2.24, 2.45) is 0 Å². The predicted molar refractivity (Wildman–Crippen MR) is 70.8 cm³/mol. The van der Waals surface area contributed by atoms with Crippen molar-refractivity contribution in [3.05, 3.63) is 22.6 Å². The van der Waals surface area contributed by atoms with Crippen LogP contribution in [0.25, 0.3) is 0 Å². The molecular formula is C12H15BrFN3O. The molecule has 0 radical (unpaired) electrons. The van der Waals surface area contributed by atoms with Gasteiger partial charge in [0.2, 0.25) is 5.91 Å². The van der Waals surface area contributed by atoms with Crippen LogP contribution in [0.1, 0.15) is 19.3 Å². The average molecular weight is 316 g/mol. The van der Waals surface area contributed by atoms with Crippen LogP contribution >= 0.6 is 15.9 Å². The number of pyridine rings is 1. The van der Waals surface area contributed by atoms with Crippen LogP contribution in [0, 0.1) is 5.82 Å². The first-order valence-corrected chi connectivity index (χ1v) is 6.79. The van der Waals surface area contributed by atoms with Crippen LogP contribution in [0.5, 0.6) is 0 Å². The number of anilines is 1. The van der Waals surface area contributed by atoms with E-state index in [9.17, 15) is 9.18 Å². The van der Waals surface area contributed by atoms with Gasteiger partial charge in [0.25, 0.3) is 0 Å². The summed E-state index contributed by atoms with van der Waals surface area (Å²) in [5.41, 5.74) is 0. The molecule has 1 fully saturated rings. The molecule has 1 saturated heterocycles. The number of nitrogens with one attached hydrogen (secondary N) is 1. The standard InChI is InChI=1S/C12H15BrFN3O/c13-9-7-10(14)12(16-8-9)15-4-3-11(18)17-5-1-2-6-17/h7-8H,1-6H2,(H,15,16). The summed E-state index contributed by atoms with van der Waals surface area (Å²) in [7, 11) is 0. The molecule has 0 aliphatic carbocycles. The number of amides is 1. The number of hydrogen-bond donors (Lipinski definition) is 1. The maximum Gasteiger partial charge on any atom is 0.224 e. The van der Waals surface area contributed by atoms with E-state index >= 15 is 0 Å². The normalized spacial score (nSPS) is 14.9. The van der Waals surface area contributed by atoms with Gasteiger partial charge in [-0.3, -0.25) is 4.79 Å². The van der Waals surface area contributed by atoms with Crippen molar-refractivity contribution >= 4 is 27.7 Å². The van der Waals surface area contributed by atoms with Crippen LogP contribution in [0.4, 0.5) is 10.2 Å². The minimum atomic E-state index is -0.419. The van der Waals surface area contributed by atoms with Gasteiger partial charge in [-0.2, -0.15) is 0 Å². The molecule has 1 N–H and O–H groups in total. The molecule has 98 valence electrons. The van der Waals surface area contributed by atoms with Gasteiger partial charge in [0.1, 0.15) is 0 Å². The van der Waals surface area contributed by atoms with Crippen LogP contribution in [-0.4, -0.2) is 35.4 Å². The summed E-state index contributed by atoms with van der Waals surface area (Å²) in [5, 5.41) is 2.84. The minimum Gasteiger partial charge on any atom is -0.367 e. The maximum atomic E-state index is 13.4. The molecule has 0 saturated carbocycles. The van der Waals surface area contributed by atoms with E-state index in [1.807, 2.05) is 4.90 Å². The van der Waals surface area contributed by atoms with Crippen molar-refractivity contribution in [2.45, 2.75) is 19.3 Å². The average Bonchev–Trinajstić information content (AvgIpc) is 2.85. The zero-order valence-corrected chi connectivity index (χ0v) is 11.5. The highest BCUT2D eigenvalue weighted by Gasteiger charge is 2.17. The van der Waals surface area contributed by atoms with E-state index in [0.717, 1.165) is 25.9 Å². The predicted octanol–water partition coefficient (Wildman–Crippen LogP) is 2.41. The third-order valence-electron chi connectivity index (χ3n) is 2.90. The fraction of sp³-hybridized carbons (Fsp3) is 0.500. The molecule has 0 spiro atoms. The monoisotopic (exact) mass is 315 g/mol. The molecule has 0 unspecified atom stereocenters. The number of halogens is 2. The first-order valence-electron chi connectivity index (χ1n) is 5.99. The number of carbonyl (C=O) groups is 1. The molecule has 2 heterocycles. The molecule has 1 aliphatic rings. The number of rotatable bonds is 4. The van der Waals surface area contributed by atoms with Gasteiger partial charge in [-0.15, -0.1) is 0 Å². The molecule has 2 rings (SSSR count). The van der Waals surface area contributed by atoms with Crippen LogP contribution in [0.2, 0.25) is 0 Å². The molecule has 1 aliphatic heterocycles. The molecule has 0 aromatic carbocycles. The number of likely N-dealkylation sites (tertiary alicyclic amines) is 1. The summed E-state index contributed by atoms with van der Waals surface area (Å²) in [5.74, 6) is -0.108. The maximum absolute atomic E-state index is 13.4. The molecule has 1 amide bonds. The summed E-state index contributed by atoms with van der Waals surface area (Å²) in [6, 6.07) is 1.34. The van der Waals surface area contributed by atoms with Crippen LogP contribution in [0.3, 0.4) is 0 Å². The van der Waals surface area contributed by atoms with Crippen molar-refractivity contribution in [3.63, 3.8) is 0 Å². The Morgan fingerprint density at radius 3 is 2.89 bits per heavy atom. The van der Waals surface area contributed by atoms with Gasteiger partial charge in [-0.05, 0) is 34.8 Å². The van der Waals surface area contributed by atoms with Gasteiger partial charge in [0.15, 0.2) is 11.6 Å². The number of hydrogen-bond acceptors (Lipinski definition) is 3. The van der Waals surface area contributed by atoms with E-state index < -0.39 is 5.82 Å². The lowest BCUT2D eigenvalue weighted by molar-refractivity contribution is -0.129. The highest BCUT2D eigenvalue weighted by atomic mass is 79.9. The van der Waals surface area contributed by atoms with Crippen LogP contribution in [0.15, 0.2) is 16.7 Å². The van der Waals surface area contributed by atoms with E-state index in [-0.39, 0.29) is 11.7 Å². The zero-order valence-electron chi connectivity index (χ0n) is 9.96. The third-order valence-corrected chi connectivity index (χ3v) is 3.33. The van der Waals surface area contributed by atoms with Gasteiger partial charge in [-0.25, -0.2) is 9.37 Å². The van der Waals surface area contributed by atoms with Gasteiger partial charge in [0, 0.05) is 36.7 Å². The fourth-order valence-corrected chi connectivity index (χ4v) is 2.26. The topological polar surface area (TPSA) is 45.2 Å². The van der Waals surface area contributed by atoms with Gasteiger partial charge < -0.3 is 10.2 Å². The smallest absolute Gasteiger partial charge is 0.224 e. The SMILES string of the molecule is O=C(CCNc1ncc(Br)cc1F)N1CCCC1. The highest BCUT2D eigenvalue weighted by molar-refractivity contribution is 9.10. The second-order valence-corrected chi connectivity index (χ2v) is 5.16. The summed E-state index contributed by atoms with van der Waals surface area (Å²) in [6.07, 6.45) is 4.06. The van der Waals surface area contributed by atoms with Crippen molar-refractivity contribution in [1.29, 1.82) is 0 Å². The third kappa shape index (κ3) is 3.41. The van der Waals surface area contributed by atoms with Gasteiger partial charge >= 0.3 is 0 Å². The first kappa shape index (κ1) is 13.3. The second-order valence-electron chi connectivity index (χ2n) is 4.25. The van der Waals surface area contributed by atoms with Crippen molar-refractivity contribution in [1.82, 2.24) is 9.88 Å². The summed E-state index contributed by atoms with van der Waals surface area (Å²) >= 11 is 3.14. The Morgan fingerprint density at radius 1 is 1.50 bits per heavy atom. The molecule has 6 heteroatoms.